The van der Waals surface area contributed by atoms with Crippen molar-refractivity contribution in [1.82, 2.24) is 0 Å². The van der Waals surface area contributed by atoms with Gasteiger partial charge in [-0.15, -0.1) is 0 Å². The lowest BCUT2D eigenvalue weighted by Gasteiger charge is -2.06. The fraction of sp³-hybridized carbons (Fsp3) is 0. The molecule has 0 saturated carbocycles. The third kappa shape index (κ3) is 2.80. The molecule has 1 radical (unpaired) electrons. The summed E-state index contributed by atoms with van der Waals surface area (Å²) in [5.74, 6) is 0. The molecule has 0 bridgehead atoms. The highest BCUT2D eigenvalue weighted by Gasteiger charge is 2.06. The third-order valence-corrected chi connectivity index (χ3v) is 3.63. The predicted molar refractivity (Wildman–Crippen MR) is 76.1 cm³/mol. The molecule has 0 nitrogen and oxygen atoms in total. The lowest BCUT2D eigenvalue weighted by molar-refractivity contribution is 1.55. The lowest BCUT2D eigenvalue weighted by Crippen LogP contribution is -1.81. The molecule has 0 aromatic heterocycles. The second-order valence-corrected chi connectivity index (χ2v) is 5.77. The first-order chi connectivity index (χ1) is 7.56. The molecule has 0 fully saturated rings. The van der Waals surface area contributed by atoms with Crippen molar-refractivity contribution in [3.8, 4) is 11.1 Å². The summed E-state index contributed by atoms with van der Waals surface area (Å²) in [6, 6.07) is 12.4. The second-order valence-electron chi connectivity index (χ2n) is 3.19. The molecule has 2 rings (SSSR count). The Labute approximate surface area is 121 Å². The van der Waals surface area contributed by atoms with E-state index in [0.717, 1.165) is 20.1 Å². The maximum absolute atomic E-state index is 5.93. The standard InChI is InChI=1S/C12H5Br2Cl2/c13-8-1-2-12(14)11(5-8)7-3-9(15)6-10(16)4-7/h1-5H. The van der Waals surface area contributed by atoms with E-state index in [4.69, 9.17) is 23.2 Å². The highest BCUT2D eigenvalue weighted by molar-refractivity contribution is 9.11. The van der Waals surface area contributed by atoms with E-state index in [1.54, 1.807) is 0 Å². The summed E-state index contributed by atoms with van der Waals surface area (Å²) in [5, 5.41) is 1.02. The van der Waals surface area contributed by atoms with Gasteiger partial charge in [0.25, 0.3) is 0 Å². The van der Waals surface area contributed by atoms with Crippen molar-refractivity contribution in [2.24, 2.45) is 0 Å². The Hall–Kier alpha value is -0.0200. The average molecular weight is 380 g/mol. The van der Waals surface area contributed by atoms with Gasteiger partial charge in [-0.1, -0.05) is 55.1 Å². The quantitative estimate of drug-likeness (QED) is 0.571. The van der Waals surface area contributed by atoms with E-state index >= 15 is 0 Å². The maximum Gasteiger partial charge on any atom is 0.0506 e. The molecule has 2 aromatic carbocycles. The zero-order valence-electron chi connectivity index (χ0n) is 7.90. The molecule has 81 valence electrons. The van der Waals surface area contributed by atoms with E-state index < -0.39 is 0 Å². The average Bonchev–Trinajstić information content (AvgIpc) is 2.20. The molecule has 0 spiro atoms. The summed E-state index contributed by atoms with van der Waals surface area (Å²) in [7, 11) is 0. The van der Waals surface area contributed by atoms with Crippen LogP contribution in [0.4, 0.5) is 0 Å². The fourth-order valence-electron chi connectivity index (χ4n) is 1.38. The Morgan fingerprint density at radius 2 is 1.56 bits per heavy atom. The molecule has 0 N–H and O–H groups in total. The van der Waals surface area contributed by atoms with Gasteiger partial charge >= 0.3 is 0 Å². The van der Waals surface area contributed by atoms with Crippen molar-refractivity contribution < 1.29 is 0 Å². The van der Waals surface area contributed by atoms with Crippen LogP contribution in [0.1, 0.15) is 0 Å². The normalized spacial score (nSPS) is 10.5. The number of halogens is 4. The first kappa shape index (κ1) is 12.4. The van der Waals surface area contributed by atoms with Crippen molar-refractivity contribution in [2.75, 3.05) is 0 Å². The molecule has 2 aromatic rings. The summed E-state index contributed by atoms with van der Waals surface area (Å²) >= 11 is 18.8. The number of rotatable bonds is 1. The smallest absolute Gasteiger partial charge is 0.0506 e. The Morgan fingerprint density at radius 3 is 2.19 bits per heavy atom. The highest BCUT2D eigenvalue weighted by Crippen LogP contribution is 2.33. The zero-order chi connectivity index (χ0) is 11.7. The van der Waals surface area contributed by atoms with Crippen molar-refractivity contribution in [3.05, 3.63) is 55.4 Å². The number of hydrogen-bond acceptors (Lipinski definition) is 0. The molecule has 0 saturated heterocycles. The van der Waals surface area contributed by atoms with Crippen LogP contribution >= 0.6 is 55.1 Å². The van der Waals surface area contributed by atoms with E-state index in [1.807, 2.05) is 30.3 Å². The Kier molecular flexibility index (Phi) is 3.96. The van der Waals surface area contributed by atoms with Gasteiger partial charge in [0.05, 0.1) is 10.0 Å². The summed E-state index contributed by atoms with van der Waals surface area (Å²) in [5.41, 5.74) is 1.99. The molecule has 4 heteroatoms. The van der Waals surface area contributed by atoms with Crippen molar-refractivity contribution in [2.45, 2.75) is 0 Å². The van der Waals surface area contributed by atoms with Crippen LogP contribution in [0.5, 0.6) is 0 Å². The summed E-state index contributed by atoms with van der Waals surface area (Å²) in [6.07, 6.45) is 0. The summed E-state index contributed by atoms with van der Waals surface area (Å²) in [6.45, 7) is 0. The molecule has 0 amide bonds. The van der Waals surface area contributed by atoms with Gasteiger partial charge in [-0.2, -0.15) is 0 Å². The van der Waals surface area contributed by atoms with Crippen LogP contribution in [0.15, 0.2) is 39.3 Å². The van der Waals surface area contributed by atoms with Crippen LogP contribution in [-0.2, 0) is 0 Å². The third-order valence-electron chi connectivity index (χ3n) is 2.04. The molecule has 0 heterocycles. The molecule has 0 aliphatic carbocycles. The van der Waals surface area contributed by atoms with Gasteiger partial charge in [0.1, 0.15) is 0 Å². The van der Waals surface area contributed by atoms with E-state index in [2.05, 4.69) is 37.9 Å². The number of hydrogen-bond donors (Lipinski definition) is 0. The maximum atomic E-state index is 5.93. The van der Waals surface area contributed by atoms with Crippen molar-refractivity contribution >= 4 is 55.1 Å². The minimum atomic E-state index is 0.509. The molecule has 0 unspecified atom stereocenters. The Morgan fingerprint density at radius 1 is 0.938 bits per heavy atom. The van der Waals surface area contributed by atoms with Crippen LogP contribution in [-0.4, -0.2) is 0 Å². The van der Waals surface area contributed by atoms with E-state index in [9.17, 15) is 0 Å². The van der Waals surface area contributed by atoms with Crippen LogP contribution in [0.2, 0.25) is 10.0 Å². The van der Waals surface area contributed by atoms with Gasteiger partial charge in [0, 0.05) is 15.0 Å². The van der Waals surface area contributed by atoms with Gasteiger partial charge in [-0.05, 0) is 41.5 Å². The fourth-order valence-corrected chi connectivity index (χ4v) is 2.70. The van der Waals surface area contributed by atoms with E-state index in [0.29, 0.717) is 10.0 Å². The van der Waals surface area contributed by atoms with Crippen LogP contribution in [0, 0.1) is 6.07 Å². The molecule has 16 heavy (non-hydrogen) atoms. The zero-order valence-corrected chi connectivity index (χ0v) is 12.6. The van der Waals surface area contributed by atoms with Gasteiger partial charge in [-0.3, -0.25) is 0 Å². The number of benzene rings is 2. The summed E-state index contributed by atoms with van der Waals surface area (Å²) < 4.78 is 2.00. The van der Waals surface area contributed by atoms with Gasteiger partial charge in [0.2, 0.25) is 0 Å². The Balaban J connectivity index is 2.62. The van der Waals surface area contributed by atoms with Crippen molar-refractivity contribution in [3.63, 3.8) is 0 Å². The molecule has 0 atom stereocenters. The molecule has 0 aliphatic rings. The van der Waals surface area contributed by atoms with Crippen LogP contribution < -0.4 is 0 Å². The van der Waals surface area contributed by atoms with Crippen molar-refractivity contribution in [1.29, 1.82) is 0 Å². The lowest BCUT2D eigenvalue weighted by atomic mass is 10.1. The largest absolute Gasteiger partial charge is 0.0836 e. The first-order valence-electron chi connectivity index (χ1n) is 4.40. The van der Waals surface area contributed by atoms with Gasteiger partial charge < -0.3 is 0 Å². The minimum absolute atomic E-state index is 0.509. The Bertz CT molecular complexity index is 518. The topological polar surface area (TPSA) is 0 Å². The monoisotopic (exact) mass is 377 g/mol. The highest BCUT2D eigenvalue weighted by atomic mass is 79.9. The van der Waals surface area contributed by atoms with Crippen LogP contribution in [0.25, 0.3) is 11.1 Å². The molecule has 0 aliphatic heterocycles. The minimum Gasteiger partial charge on any atom is -0.0836 e. The van der Waals surface area contributed by atoms with Gasteiger partial charge in [-0.25, -0.2) is 0 Å². The molecular weight excluding hydrogens is 375 g/mol. The molecular formula is C12H5Br2Cl2. The van der Waals surface area contributed by atoms with Crippen LogP contribution in [0.3, 0.4) is 0 Å². The predicted octanol–water partition coefficient (Wildman–Crippen LogP) is 5.99. The second kappa shape index (κ2) is 5.09. The van der Waals surface area contributed by atoms with Gasteiger partial charge in [0.15, 0.2) is 0 Å². The SMILES string of the molecule is Clc1[c]c(Cl)cc(-c2cc(Br)ccc2Br)c1. The first-order valence-corrected chi connectivity index (χ1v) is 6.74. The summed E-state index contributed by atoms with van der Waals surface area (Å²) in [4.78, 5) is 0. The van der Waals surface area contributed by atoms with E-state index in [1.165, 1.54) is 0 Å². The van der Waals surface area contributed by atoms with E-state index in [-0.39, 0.29) is 0 Å².